The van der Waals surface area contributed by atoms with Crippen molar-refractivity contribution in [3.8, 4) is 0 Å². The van der Waals surface area contributed by atoms with Crippen LogP contribution in [0.5, 0.6) is 0 Å². The summed E-state index contributed by atoms with van der Waals surface area (Å²) >= 11 is 0. The van der Waals surface area contributed by atoms with E-state index < -0.39 is 0 Å². The maximum absolute atomic E-state index is 11.4. The van der Waals surface area contributed by atoms with Crippen molar-refractivity contribution < 1.29 is 5.11 Å². The average Bonchev–Trinajstić information content (AvgIpc) is 2.13. The molecule has 0 bridgehead atoms. The molecule has 1 aromatic rings. The zero-order chi connectivity index (χ0) is 11.5. The molecule has 0 radical (unpaired) electrons. The normalized spacial score (nSPS) is 12.6. The van der Waals surface area contributed by atoms with Gasteiger partial charge in [-0.2, -0.15) is 0 Å². The Morgan fingerprint density at radius 1 is 1.20 bits per heavy atom. The van der Waals surface area contributed by atoms with Crippen LogP contribution in [0.4, 0.5) is 0 Å². The lowest BCUT2D eigenvalue weighted by Crippen LogP contribution is -2.17. The minimum absolute atomic E-state index is 0.105. The van der Waals surface area contributed by atoms with Crippen LogP contribution in [-0.2, 0) is 0 Å². The van der Waals surface area contributed by atoms with Crippen molar-refractivity contribution in [2.75, 3.05) is 0 Å². The molecule has 1 rings (SSSR count). The van der Waals surface area contributed by atoms with Crippen LogP contribution in [0, 0.1) is 5.41 Å². The van der Waals surface area contributed by atoms with Crippen LogP contribution in [0.15, 0.2) is 48.2 Å². The SMILES string of the molecule is C=C([O-])C(=Cc1ccccc1)C(C)(C)C. The van der Waals surface area contributed by atoms with Gasteiger partial charge in [0, 0.05) is 0 Å². The minimum Gasteiger partial charge on any atom is -0.873 e. The Hall–Kier alpha value is -1.50. The molecule has 0 aliphatic rings. The van der Waals surface area contributed by atoms with E-state index in [0.29, 0.717) is 0 Å². The Balaban J connectivity index is 3.12. The maximum Gasteiger partial charge on any atom is -0.0138 e. The van der Waals surface area contributed by atoms with Crippen molar-refractivity contribution in [3.63, 3.8) is 0 Å². The summed E-state index contributed by atoms with van der Waals surface area (Å²) in [5.74, 6) is -0.105. The van der Waals surface area contributed by atoms with Gasteiger partial charge >= 0.3 is 0 Å². The van der Waals surface area contributed by atoms with E-state index in [-0.39, 0.29) is 11.2 Å². The Bertz CT molecular complexity index is 366. The number of hydrogen-bond donors (Lipinski definition) is 0. The fourth-order valence-electron chi connectivity index (χ4n) is 1.43. The molecule has 0 fully saturated rings. The maximum atomic E-state index is 11.4. The molecule has 80 valence electrons. The van der Waals surface area contributed by atoms with Gasteiger partial charge in [0.15, 0.2) is 0 Å². The van der Waals surface area contributed by atoms with Gasteiger partial charge in [-0.05, 0) is 11.0 Å². The Morgan fingerprint density at radius 3 is 2.13 bits per heavy atom. The van der Waals surface area contributed by atoms with Crippen LogP contribution in [0.25, 0.3) is 6.08 Å². The standard InChI is InChI=1S/C14H18O/c1-11(15)13(14(2,3)4)10-12-8-6-5-7-9-12/h5-10,15H,1H2,2-4H3/p-1. The van der Waals surface area contributed by atoms with Crippen LogP contribution in [0.3, 0.4) is 0 Å². The summed E-state index contributed by atoms with van der Waals surface area (Å²) in [5, 5.41) is 11.4. The minimum atomic E-state index is -0.158. The van der Waals surface area contributed by atoms with Crippen LogP contribution in [0.2, 0.25) is 0 Å². The number of benzene rings is 1. The summed E-state index contributed by atoms with van der Waals surface area (Å²) in [6, 6.07) is 9.84. The highest BCUT2D eigenvalue weighted by Crippen LogP contribution is 2.29. The highest BCUT2D eigenvalue weighted by atomic mass is 16.3. The van der Waals surface area contributed by atoms with Gasteiger partial charge in [0.2, 0.25) is 0 Å². The molecule has 1 nitrogen and oxygen atoms in total. The van der Waals surface area contributed by atoms with Crippen LogP contribution < -0.4 is 5.11 Å². The molecule has 0 aliphatic heterocycles. The molecule has 1 heteroatoms. The van der Waals surface area contributed by atoms with E-state index in [1.807, 2.05) is 57.2 Å². The Labute approximate surface area is 91.8 Å². The van der Waals surface area contributed by atoms with Crippen LogP contribution in [0.1, 0.15) is 26.3 Å². The summed E-state index contributed by atoms with van der Waals surface area (Å²) in [4.78, 5) is 0. The molecule has 0 saturated heterocycles. The van der Waals surface area contributed by atoms with Gasteiger partial charge in [-0.3, -0.25) is 0 Å². The molecule has 15 heavy (non-hydrogen) atoms. The molecule has 0 aliphatic carbocycles. The first-order chi connectivity index (χ1) is 6.91. The number of allylic oxidation sites excluding steroid dienone is 1. The van der Waals surface area contributed by atoms with E-state index in [1.165, 1.54) is 0 Å². The van der Waals surface area contributed by atoms with Crippen LogP contribution >= 0.6 is 0 Å². The summed E-state index contributed by atoms with van der Waals surface area (Å²) in [5.41, 5.74) is 1.64. The van der Waals surface area contributed by atoms with Gasteiger partial charge in [-0.1, -0.05) is 62.8 Å². The second-order valence-electron chi connectivity index (χ2n) is 4.64. The van der Waals surface area contributed by atoms with Crippen molar-refractivity contribution in [2.24, 2.45) is 5.41 Å². The van der Waals surface area contributed by atoms with Gasteiger partial charge in [0.05, 0.1) is 0 Å². The Kier molecular flexibility index (Phi) is 3.35. The molecular weight excluding hydrogens is 184 g/mol. The van der Waals surface area contributed by atoms with Gasteiger partial charge in [-0.15, -0.1) is 12.3 Å². The van der Waals surface area contributed by atoms with E-state index in [2.05, 4.69) is 6.58 Å². The van der Waals surface area contributed by atoms with Gasteiger partial charge in [-0.25, -0.2) is 0 Å². The monoisotopic (exact) mass is 201 g/mol. The molecule has 0 amide bonds. The first-order valence-electron chi connectivity index (χ1n) is 5.05. The highest BCUT2D eigenvalue weighted by molar-refractivity contribution is 5.58. The van der Waals surface area contributed by atoms with E-state index in [9.17, 15) is 5.11 Å². The van der Waals surface area contributed by atoms with Crippen molar-refractivity contribution in [1.82, 2.24) is 0 Å². The summed E-state index contributed by atoms with van der Waals surface area (Å²) in [7, 11) is 0. The number of rotatable bonds is 2. The Morgan fingerprint density at radius 2 is 1.73 bits per heavy atom. The second-order valence-corrected chi connectivity index (χ2v) is 4.64. The topological polar surface area (TPSA) is 23.1 Å². The number of hydrogen-bond acceptors (Lipinski definition) is 1. The predicted molar refractivity (Wildman–Crippen MR) is 63.0 cm³/mol. The third-order valence-electron chi connectivity index (χ3n) is 2.22. The fourth-order valence-corrected chi connectivity index (χ4v) is 1.43. The zero-order valence-electron chi connectivity index (χ0n) is 9.58. The van der Waals surface area contributed by atoms with Crippen molar-refractivity contribution in [2.45, 2.75) is 20.8 Å². The lowest BCUT2D eigenvalue weighted by Gasteiger charge is -2.28. The quantitative estimate of drug-likeness (QED) is 0.533. The molecule has 0 N–H and O–H groups in total. The third-order valence-corrected chi connectivity index (χ3v) is 2.22. The van der Waals surface area contributed by atoms with E-state index in [1.54, 1.807) is 0 Å². The van der Waals surface area contributed by atoms with Crippen LogP contribution in [-0.4, -0.2) is 0 Å². The summed E-state index contributed by atoms with van der Waals surface area (Å²) in [6.07, 6.45) is 1.91. The van der Waals surface area contributed by atoms with Crippen molar-refractivity contribution in [3.05, 3.63) is 53.8 Å². The van der Waals surface area contributed by atoms with Gasteiger partial charge < -0.3 is 5.11 Å². The summed E-state index contributed by atoms with van der Waals surface area (Å²) < 4.78 is 0. The average molecular weight is 201 g/mol. The van der Waals surface area contributed by atoms with Crippen molar-refractivity contribution in [1.29, 1.82) is 0 Å². The molecule has 0 spiro atoms. The molecule has 1 aromatic carbocycles. The van der Waals surface area contributed by atoms with E-state index in [0.717, 1.165) is 11.1 Å². The fraction of sp³-hybridized carbons (Fsp3) is 0.286. The smallest absolute Gasteiger partial charge is 0.0138 e. The third kappa shape index (κ3) is 3.28. The molecule has 0 aromatic heterocycles. The van der Waals surface area contributed by atoms with Gasteiger partial charge in [0.25, 0.3) is 0 Å². The largest absolute Gasteiger partial charge is 0.873 e. The molecule has 0 unspecified atom stereocenters. The van der Waals surface area contributed by atoms with Gasteiger partial charge in [0.1, 0.15) is 0 Å². The van der Waals surface area contributed by atoms with E-state index >= 15 is 0 Å². The molecule has 0 heterocycles. The predicted octanol–water partition coefficient (Wildman–Crippen LogP) is 2.99. The highest BCUT2D eigenvalue weighted by Gasteiger charge is 2.15. The first kappa shape index (κ1) is 11.6. The molecular formula is C14H17O-. The zero-order valence-corrected chi connectivity index (χ0v) is 9.58. The molecule has 0 atom stereocenters. The second kappa shape index (κ2) is 4.35. The van der Waals surface area contributed by atoms with Crippen molar-refractivity contribution >= 4 is 6.08 Å². The lowest BCUT2D eigenvalue weighted by molar-refractivity contribution is -0.298. The first-order valence-corrected chi connectivity index (χ1v) is 5.05. The van der Waals surface area contributed by atoms with E-state index in [4.69, 9.17) is 0 Å². The summed E-state index contributed by atoms with van der Waals surface area (Å²) in [6.45, 7) is 9.55. The molecule has 0 saturated carbocycles. The lowest BCUT2D eigenvalue weighted by atomic mass is 9.84.